The molecule has 0 aliphatic carbocycles. The summed E-state index contributed by atoms with van der Waals surface area (Å²) < 4.78 is 54.8. The van der Waals surface area contributed by atoms with Crippen LogP contribution in [0.25, 0.3) is 11.4 Å². The first kappa shape index (κ1) is 23.1. The summed E-state index contributed by atoms with van der Waals surface area (Å²) in [5.41, 5.74) is 7.11. The molecule has 1 aromatic carbocycles. The quantitative estimate of drug-likeness (QED) is 0.256. The van der Waals surface area contributed by atoms with E-state index < -0.39 is 29.8 Å². The van der Waals surface area contributed by atoms with Crippen LogP contribution in [0.15, 0.2) is 21.9 Å². The highest BCUT2D eigenvalue weighted by Gasteiger charge is 2.35. The summed E-state index contributed by atoms with van der Waals surface area (Å²) in [6.07, 6.45) is 1.16. The van der Waals surface area contributed by atoms with Crippen molar-refractivity contribution >= 4 is 42.2 Å². The summed E-state index contributed by atoms with van der Waals surface area (Å²) in [6.45, 7) is 1.98. The first-order valence-corrected chi connectivity index (χ1v) is 14.1. The third-order valence-corrected chi connectivity index (χ3v) is 9.31. The molecule has 4 heterocycles. The van der Waals surface area contributed by atoms with Crippen molar-refractivity contribution in [1.82, 2.24) is 35.6 Å². The molecule has 7 N–H and O–H groups in total. The molecule has 0 saturated carbocycles. The zero-order valence-corrected chi connectivity index (χ0v) is 20.2. The fourth-order valence-electron chi connectivity index (χ4n) is 4.25. The zero-order chi connectivity index (χ0) is 24.1. The van der Waals surface area contributed by atoms with Crippen molar-refractivity contribution in [3.8, 4) is 11.4 Å². The van der Waals surface area contributed by atoms with Crippen LogP contribution in [-0.4, -0.2) is 68.1 Å². The number of hydrogen-bond acceptors (Lipinski definition) is 12. The Morgan fingerprint density at radius 1 is 1.24 bits per heavy atom. The van der Waals surface area contributed by atoms with Gasteiger partial charge in [-0.15, -0.1) is 21.5 Å². The molecule has 1 saturated heterocycles. The van der Waals surface area contributed by atoms with Crippen LogP contribution in [-0.2, 0) is 33.0 Å². The van der Waals surface area contributed by atoms with Gasteiger partial charge in [0.1, 0.15) is 9.79 Å². The number of H-pyrrole nitrogens is 1. The topological polar surface area (TPSA) is 215 Å². The van der Waals surface area contributed by atoms with E-state index >= 15 is 0 Å². The fraction of sp³-hybridized carbons (Fsp3) is 0.412. The SMILES string of the molecule is Nc1nc2c(s1)CN(c1ccc(S(=O)(=O)N[C@@H]3CCNC3)c(S(N)(=O)=O)c1-c1nn[nH]n1)CC2. The molecule has 3 aromatic rings. The molecule has 17 heteroatoms. The van der Waals surface area contributed by atoms with Gasteiger partial charge in [-0.3, -0.25) is 0 Å². The largest absolute Gasteiger partial charge is 0.375 e. The second-order valence-electron chi connectivity index (χ2n) is 7.97. The minimum absolute atomic E-state index is 0.0374. The molecule has 0 radical (unpaired) electrons. The molecule has 0 amide bonds. The van der Waals surface area contributed by atoms with Gasteiger partial charge in [-0.25, -0.2) is 31.7 Å². The van der Waals surface area contributed by atoms with Crippen LogP contribution in [0.5, 0.6) is 0 Å². The normalized spacial score (nSPS) is 18.9. The molecular weight excluding hydrogens is 504 g/mol. The van der Waals surface area contributed by atoms with Crippen LogP contribution >= 0.6 is 11.3 Å². The maximum Gasteiger partial charge on any atom is 0.242 e. The number of primary sulfonamides is 1. The van der Waals surface area contributed by atoms with Gasteiger partial charge in [0.25, 0.3) is 0 Å². The van der Waals surface area contributed by atoms with E-state index in [0.29, 0.717) is 49.8 Å². The van der Waals surface area contributed by atoms with Crippen molar-refractivity contribution in [3.63, 3.8) is 0 Å². The molecule has 182 valence electrons. The maximum atomic E-state index is 13.3. The van der Waals surface area contributed by atoms with Crippen LogP contribution < -0.4 is 25.8 Å². The monoisotopic (exact) mass is 526 g/mol. The van der Waals surface area contributed by atoms with E-state index in [1.54, 1.807) is 0 Å². The third kappa shape index (κ3) is 4.25. The Morgan fingerprint density at radius 3 is 2.74 bits per heavy atom. The van der Waals surface area contributed by atoms with E-state index in [1.807, 2.05) is 4.90 Å². The zero-order valence-electron chi connectivity index (χ0n) is 17.7. The summed E-state index contributed by atoms with van der Waals surface area (Å²) >= 11 is 1.35. The predicted molar refractivity (Wildman–Crippen MR) is 124 cm³/mol. The predicted octanol–water partition coefficient (Wildman–Crippen LogP) is -1.24. The number of thiazole rings is 1. The number of nitrogens with zero attached hydrogens (tertiary/aromatic N) is 5. The van der Waals surface area contributed by atoms with E-state index in [0.717, 1.165) is 10.6 Å². The van der Waals surface area contributed by atoms with Gasteiger partial charge in [0.05, 0.1) is 17.8 Å². The minimum Gasteiger partial charge on any atom is -0.375 e. The van der Waals surface area contributed by atoms with Crippen LogP contribution in [0.4, 0.5) is 10.8 Å². The van der Waals surface area contributed by atoms with E-state index in [-0.39, 0.29) is 17.4 Å². The number of aromatic nitrogens is 5. The standard InChI is InChI=1S/C17H22N10O4S3/c18-17-21-10-4-6-27(8-12(10)32-17)11-1-2-13(34(30,31)24-9-3-5-20-7-9)15(33(19,28)29)14(11)16-22-25-26-23-16/h1-2,9,20,24H,3-8H2,(H2,18,21)(H2,19,28,29)(H,22,23,25,26)/t9-/m1/s1. The highest BCUT2D eigenvalue weighted by Crippen LogP contribution is 2.40. The van der Waals surface area contributed by atoms with Gasteiger partial charge >= 0.3 is 0 Å². The van der Waals surface area contributed by atoms with Gasteiger partial charge in [0.2, 0.25) is 25.9 Å². The molecule has 0 unspecified atom stereocenters. The van der Waals surface area contributed by atoms with Crippen molar-refractivity contribution in [1.29, 1.82) is 0 Å². The number of tetrazole rings is 1. The van der Waals surface area contributed by atoms with Gasteiger partial charge in [0, 0.05) is 36.1 Å². The summed E-state index contributed by atoms with van der Waals surface area (Å²) in [5, 5.41) is 22.8. The molecule has 1 fully saturated rings. The molecule has 2 aliphatic heterocycles. The van der Waals surface area contributed by atoms with Gasteiger partial charge in [0.15, 0.2) is 5.13 Å². The Hall–Kier alpha value is -2.70. The lowest BCUT2D eigenvalue weighted by molar-refractivity contribution is 0.555. The average molecular weight is 527 g/mol. The molecule has 2 aromatic heterocycles. The molecule has 0 bridgehead atoms. The fourth-order valence-corrected chi connectivity index (χ4v) is 8.01. The Kier molecular flexibility index (Phi) is 5.77. The number of nitrogens with one attached hydrogen (secondary N) is 3. The lowest BCUT2D eigenvalue weighted by Crippen LogP contribution is -2.37. The second-order valence-corrected chi connectivity index (χ2v) is 12.3. The lowest BCUT2D eigenvalue weighted by Gasteiger charge is -2.30. The third-order valence-electron chi connectivity index (χ3n) is 5.71. The highest BCUT2D eigenvalue weighted by molar-refractivity contribution is 7.92. The van der Waals surface area contributed by atoms with Crippen molar-refractivity contribution in [2.75, 3.05) is 30.3 Å². The number of anilines is 2. The number of sulfonamides is 2. The van der Waals surface area contributed by atoms with E-state index in [4.69, 9.17) is 10.9 Å². The van der Waals surface area contributed by atoms with E-state index in [2.05, 4.69) is 35.6 Å². The Balaban J connectivity index is 1.68. The van der Waals surface area contributed by atoms with Crippen molar-refractivity contribution in [3.05, 3.63) is 22.7 Å². The summed E-state index contributed by atoms with van der Waals surface area (Å²) in [6, 6.07) is 2.42. The Morgan fingerprint density at radius 2 is 2.06 bits per heavy atom. The van der Waals surface area contributed by atoms with Crippen molar-refractivity contribution in [2.24, 2.45) is 5.14 Å². The Labute approximate surface area is 199 Å². The number of hydrogen-bond donors (Lipinski definition) is 5. The first-order chi connectivity index (χ1) is 16.1. The number of nitrogen functional groups attached to an aromatic ring is 1. The van der Waals surface area contributed by atoms with Crippen molar-refractivity contribution < 1.29 is 16.8 Å². The molecular formula is C17H22N10O4S3. The number of nitrogens with two attached hydrogens (primary N) is 2. The van der Waals surface area contributed by atoms with Gasteiger partial charge in [-0.1, -0.05) is 0 Å². The van der Waals surface area contributed by atoms with Gasteiger partial charge in [-0.05, 0) is 30.3 Å². The van der Waals surface area contributed by atoms with Gasteiger partial charge in [-0.2, -0.15) is 5.21 Å². The number of aromatic amines is 1. The smallest absolute Gasteiger partial charge is 0.242 e. The molecule has 34 heavy (non-hydrogen) atoms. The lowest BCUT2D eigenvalue weighted by atomic mass is 10.1. The van der Waals surface area contributed by atoms with Crippen LogP contribution in [0.2, 0.25) is 0 Å². The number of fused-ring (bicyclic) bond motifs is 1. The minimum atomic E-state index is -4.54. The maximum absolute atomic E-state index is 13.3. The molecule has 5 rings (SSSR count). The van der Waals surface area contributed by atoms with Crippen molar-refractivity contribution in [2.45, 2.75) is 35.2 Å². The first-order valence-electron chi connectivity index (χ1n) is 10.3. The average Bonchev–Trinajstić information content (AvgIpc) is 3.52. The molecule has 2 aliphatic rings. The molecule has 14 nitrogen and oxygen atoms in total. The molecule has 0 spiro atoms. The van der Waals surface area contributed by atoms with Crippen LogP contribution in [0, 0.1) is 0 Å². The number of benzene rings is 1. The van der Waals surface area contributed by atoms with Gasteiger partial charge < -0.3 is 16.0 Å². The van der Waals surface area contributed by atoms with Crippen LogP contribution in [0.3, 0.4) is 0 Å². The number of rotatable bonds is 6. The summed E-state index contributed by atoms with van der Waals surface area (Å²) in [5.74, 6) is -0.0896. The second kappa shape index (κ2) is 8.51. The summed E-state index contributed by atoms with van der Waals surface area (Å²) in [4.78, 5) is 6.10. The van der Waals surface area contributed by atoms with E-state index in [1.165, 1.54) is 23.5 Å². The summed E-state index contributed by atoms with van der Waals surface area (Å²) in [7, 11) is -8.78. The Bertz CT molecular complexity index is 1430. The van der Waals surface area contributed by atoms with Crippen LogP contribution in [0.1, 0.15) is 17.0 Å². The molecule has 1 atom stereocenters. The highest BCUT2D eigenvalue weighted by atomic mass is 32.2. The van der Waals surface area contributed by atoms with E-state index in [9.17, 15) is 16.8 Å².